The molecule has 1 atom stereocenters. The molecular weight excluding hydrogens is 554 g/mol. The van der Waals surface area contributed by atoms with Crippen molar-refractivity contribution in [1.82, 2.24) is 14.9 Å². The van der Waals surface area contributed by atoms with Gasteiger partial charge in [-0.1, -0.05) is 29.8 Å². The number of anilines is 2. The number of amides is 1. The lowest BCUT2D eigenvalue weighted by molar-refractivity contribution is -0.148. The molecule has 4 rings (SSSR count). The molecule has 2 N–H and O–H groups in total. The van der Waals surface area contributed by atoms with Crippen LogP contribution in [-0.4, -0.2) is 65.8 Å². The molecule has 10 nitrogen and oxygen atoms in total. The fourth-order valence-corrected chi connectivity index (χ4v) is 5.28. The molecule has 2 aromatic rings. The molecule has 0 bridgehead atoms. The van der Waals surface area contributed by atoms with Crippen molar-refractivity contribution in [3.63, 3.8) is 0 Å². The molecule has 0 saturated carbocycles. The topological polar surface area (TPSA) is 120 Å². The summed E-state index contributed by atoms with van der Waals surface area (Å²) in [6.45, 7) is 8.50. The van der Waals surface area contributed by atoms with E-state index in [1.165, 1.54) is 0 Å². The number of carbonyl (C=O) groups is 2. The number of nitrogens with two attached hydrogens (primary N) is 1. The lowest BCUT2D eigenvalue weighted by atomic mass is 9.76. The molecular formula is C27H36BrN5O5. The minimum Gasteiger partial charge on any atom is -0.487 e. The van der Waals surface area contributed by atoms with Gasteiger partial charge in [0.2, 0.25) is 5.95 Å². The quantitative estimate of drug-likeness (QED) is 0.446. The van der Waals surface area contributed by atoms with Crippen LogP contribution in [0.1, 0.15) is 45.7 Å². The zero-order valence-electron chi connectivity index (χ0n) is 22.2. The SMILES string of the molecule is CCOC(=O)C1CC2(CCN(c3cc(COc4ccc(Br)cc4)nc(N)n3)CC2)CN1C(=O)OCC(C)C. The van der Waals surface area contributed by atoms with Crippen LogP contribution in [-0.2, 0) is 20.9 Å². The molecule has 0 aliphatic carbocycles. The number of nitrogen functional groups attached to an aromatic ring is 1. The van der Waals surface area contributed by atoms with Gasteiger partial charge >= 0.3 is 12.1 Å². The van der Waals surface area contributed by atoms with E-state index in [-0.39, 0.29) is 36.5 Å². The van der Waals surface area contributed by atoms with Gasteiger partial charge in [-0.25, -0.2) is 14.6 Å². The molecule has 2 saturated heterocycles. The number of hydrogen-bond acceptors (Lipinski definition) is 9. The first kappa shape index (κ1) is 27.9. The molecule has 2 fully saturated rings. The second-order valence-electron chi connectivity index (χ2n) is 10.4. The fourth-order valence-electron chi connectivity index (χ4n) is 5.02. The maximum atomic E-state index is 12.9. The summed E-state index contributed by atoms with van der Waals surface area (Å²) in [4.78, 5) is 38.2. The minimum absolute atomic E-state index is 0.184. The van der Waals surface area contributed by atoms with Crippen LogP contribution in [0.15, 0.2) is 34.8 Å². The number of halogens is 1. The summed E-state index contributed by atoms with van der Waals surface area (Å²) in [5.74, 6) is 1.52. The Morgan fingerprint density at radius 3 is 2.53 bits per heavy atom. The number of nitrogens with zero attached hydrogens (tertiary/aromatic N) is 4. The highest BCUT2D eigenvalue weighted by Gasteiger charge is 2.51. The number of likely N-dealkylation sites (tertiary alicyclic amines) is 1. The summed E-state index contributed by atoms with van der Waals surface area (Å²) in [6.07, 6.45) is 1.71. The van der Waals surface area contributed by atoms with Crippen LogP contribution >= 0.6 is 15.9 Å². The van der Waals surface area contributed by atoms with E-state index in [1.54, 1.807) is 11.8 Å². The van der Waals surface area contributed by atoms with Crippen LogP contribution in [0.25, 0.3) is 0 Å². The van der Waals surface area contributed by atoms with E-state index < -0.39 is 12.1 Å². The van der Waals surface area contributed by atoms with Gasteiger partial charge in [-0.05, 0) is 61.8 Å². The summed E-state index contributed by atoms with van der Waals surface area (Å²) in [7, 11) is 0. The van der Waals surface area contributed by atoms with Crippen molar-refractivity contribution < 1.29 is 23.8 Å². The van der Waals surface area contributed by atoms with Crippen molar-refractivity contribution in [1.29, 1.82) is 0 Å². The molecule has 2 aliphatic rings. The number of benzene rings is 1. The van der Waals surface area contributed by atoms with E-state index in [0.717, 1.165) is 28.9 Å². The smallest absolute Gasteiger partial charge is 0.410 e. The molecule has 1 spiro atoms. The Kier molecular flexibility index (Phi) is 8.96. The van der Waals surface area contributed by atoms with E-state index in [9.17, 15) is 9.59 Å². The second-order valence-corrected chi connectivity index (χ2v) is 11.3. The minimum atomic E-state index is -0.627. The first-order chi connectivity index (χ1) is 18.2. The molecule has 1 unspecified atom stereocenters. The van der Waals surface area contributed by atoms with Gasteiger partial charge in [0.15, 0.2) is 0 Å². The number of esters is 1. The molecule has 11 heteroatoms. The maximum Gasteiger partial charge on any atom is 0.410 e. The van der Waals surface area contributed by atoms with Crippen LogP contribution in [0.2, 0.25) is 0 Å². The zero-order chi connectivity index (χ0) is 27.3. The number of hydrogen-bond donors (Lipinski definition) is 1. The lowest BCUT2D eigenvalue weighted by Crippen LogP contribution is -2.44. The van der Waals surface area contributed by atoms with E-state index in [1.807, 2.05) is 44.2 Å². The molecule has 3 heterocycles. The van der Waals surface area contributed by atoms with Crippen molar-refractivity contribution in [2.24, 2.45) is 11.3 Å². The highest BCUT2D eigenvalue weighted by atomic mass is 79.9. The number of ether oxygens (including phenoxy) is 3. The van der Waals surface area contributed by atoms with Crippen LogP contribution in [0.4, 0.5) is 16.6 Å². The van der Waals surface area contributed by atoms with Gasteiger partial charge < -0.3 is 24.8 Å². The van der Waals surface area contributed by atoms with E-state index in [2.05, 4.69) is 30.8 Å². The standard InChI is InChI=1S/C27H36BrN5O5/c1-4-36-24(34)22-14-27(17-33(22)26(35)38-15-18(2)3)9-11-32(12-10-27)23-13-20(30-25(29)31-23)16-37-21-7-5-19(28)6-8-21/h5-8,13,18,22H,4,9-12,14-17H2,1-3H3,(H2,29,30,31). The Bertz CT molecular complexity index is 1120. The van der Waals surface area contributed by atoms with Crippen LogP contribution < -0.4 is 15.4 Å². The summed E-state index contributed by atoms with van der Waals surface area (Å²) in [6, 6.07) is 8.87. The summed E-state index contributed by atoms with van der Waals surface area (Å²) in [5.41, 5.74) is 6.54. The van der Waals surface area contributed by atoms with Crippen molar-refractivity contribution in [3.8, 4) is 5.75 Å². The number of piperidine rings is 1. The van der Waals surface area contributed by atoms with Crippen LogP contribution in [0, 0.1) is 11.3 Å². The van der Waals surface area contributed by atoms with Crippen molar-refractivity contribution in [2.75, 3.05) is 43.5 Å². The Balaban J connectivity index is 1.41. The number of aromatic nitrogens is 2. The Morgan fingerprint density at radius 1 is 1.16 bits per heavy atom. The third-order valence-corrected chi connectivity index (χ3v) is 7.50. The lowest BCUT2D eigenvalue weighted by Gasteiger charge is -2.39. The largest absolute Gasteiger partial charge is 0.487 e. The first-order valence-electron chi connectivity index (χ1n) is 13.0. The monoisotopic (exact) mass is 589 g/mol. The van der Waals surface area contributed by atoms with Gasteiger partial charge in [0.25, 0.3) is 0 Å². The predicted octanol–water partition coefficient (Wildman–Crippen LogP) is 4.42. The van der Waals surface area contributed by atoms with Gasteiger partial charge in [-0.2, -0.15) is 4.98 Å². The molecule has 1 amide bonds. The molecule has 0 radical (unpaired) electrons. The Morgan fingerprint density at radius 2 is 1.87 bits per heavy atom. The maximum absolute atomic E-state index is 12.9. The summed E-state index contributed by atoms with van der Waals surface area (Å²) >= 11 is 3.42. The molecule has 1 aromatic carbocycles. The molecule has 38 heavy (non-hydrogen) atoms. The average molecular weight is 591 g/mol. The van der Waals surface area contributed by atoms with Crippen molar-refractivity contribution in [3.05, 3.63) is 40.5 Å². The van der Waals surface area contributed by atoms with Crippen LogP contribution in [0.5, 0.6) is 5.75 Å². The van der Waals surface area contributed by atoms with E-state index >= 15 is 0 Å². The van der Waals surface area contributed by atoms with E-state index in [0.29, 0.717) is 38.4 Å². The first-order valence-corrected chi connectivity index (χ1v) is 13.8. The number of rotatable bonds is 8. The van der Waals surface area contributed by atoms with Crippen molar-refractivity contribution >= 4 is 39.8 Å². The highest BCUT2D eigenvalue weighted by Crippen LogP contribution is 2.44. The van der Waals surface area contributed by atoms with Crippen LogP contribution in [0.3, 0.4) is 0 Å². The zero-order valence-corrected chi connectivity index (χ0v) is 23.8. The third kappa shape index (κ3) is 6.86. The molecule has 2 aliphatic heterocycles. The van der Waals surface area contributed by atoms with Gasteiger partial charge in [0, 0.05) is 30.2 Å². The summed E-state index contributed by atoms with van der Waals surface area (Å²) in [5, 5.41) is 0. The molecule has 1 aromatic heterocycles. The van der Waals surface area contributed by atoms with Gasteiger partial charge in [-0.3, -0.25) is 4.90 Å². The normalized spacial score (nSPS) is 18.6. The number of carbonyl (C=O) groups excluding carboxylic acids is 2. The van der Waals surface area contributed by atoms with Gasteiger partial charge in [0.05, 0.1) is 18.9 Å². The second kappa shape index (κ2) is 12.2. The van der Waals surface area contributed by atoms with Crippen molar-refractivity contribution in [2.45, 2.75) is 52.7 Å². The van der Waals surface area contributed by atoms with Gasteiger partial charge in [0.1, 0.15) is 24.2 Å². The average Bonchev–Trinajstić information content (AvgIpc) is 3.26. The van der Waals surface area contributed by atoms with E-state index in [4.69, 9.17) is 19.9 Å². The Labute approximate surface area is 232 Å². The Hall–Kier alpha value is -3.08. The summed E-state index contributed by atoms with van der Waals surface area (Å²) < 4.78 is 17.6. The highest BCUT2D eigenvalue weighted by molar-refractivity contribution is 9.10. The predicted molar refractivity (Wildman–Crippen MR) is 147 cm³/mol. The molecule has 206 valence electrons. The fraction of sp³-hybridized carbons (Fsp3) is 0.556. The third-order valence-electron chi connectivity index (χ3n) is 6.97. The van der Waals surface area contributed by atoms with Gasteiger partial charge in [-0.15, -0.1) is 0 Å².